The molecular formula is C25H33NO6S. The molecule has 0 fully saturated rings. The van der Waals surface area contributed by atoms with Crippen molar-refractivity contribution >= 4 is 21.9 Å². The molecule has 1 atom stereocenters. The second-order valence-corrected chi connectivity index (χ2v) is 10.7. The molecule has 0 aliphatic heterocycles. The third-order valence-electron chi connectivity index (χ3n) is 4.84. The fraction of sp³-hybridized carbons (Fsp3) is 0.440. The maximum atomic E-state index is 12.7. The first kappa shape index (κ1) is 26.4. The van der Waals surface area contributed by atoms with Crippen molar-refractivity contribution < 1.29 is 27.5 Å². The van der Waals surface area contributed by atoms with E-state index in [1.165, 1.54) is 11.9 Å². The van der Waals surface area contributed by atoms with Crippen molar-refractivity contribution in [3.05, 3.63) is 71.8 Å². The average Bonchev–Trinajstić information content (AvgIpc) is 2.77. The molecule has 2 aromatic rings. The van der Waals surface area contributed by atoms with Crippen LogP contribution < -0.4 is 0 Å². The molecule has 0 spiro atoms. The number of carbonyl (C=O) groups is 2. The van der Waals surface area contributed by atoms with Gasteiger partial charge in [-0.05, 0) is 23.5 Å². The van der Waals surface area contributed by atoms with Crippen LogP contribution in [0, 0.1) is 5.92 Å². The van der Waals surface area contributed by atoms with E-state index in [4.69, 9.17) is 9.47 Å². The van der Waals surface area contributed by atoms with Crippen molar-refractivity contribution in [2.45, 2.75) is 39.4 Å². The van der Waals surface area contributed by atoms with Gasteiger partial charge in [0.05, 0.1) is 11.5 Å². The number of carbonyl (C=O) groups excluding carboxylic acids is 2. The van der Waals surface area contributed by atoms with Crippen LogP contribution in [-0.4, -0.2) is 56.6 Å². The van der Waals surface area contributed by atoms with Gasteiger partial charge < -0.3 is 14.4 Å². The van der Waals surface area contributed by atoms with Crippen molar-refractivity contribution in [3.8, 4) is 0 Å². The third kappa shape index (κ3) is 10.1. The lowest BCUT2D eigenvalue weighted by Crippen LogP contribution is -2.37. The van der Waals surface area contributed by atoms with E-state index in [0.717, 1.165) is 11.1 Å². The summed E-state index contributed by atoms with van der Waals surface area (Å²) in [6.07, 6.45) is -1.34. The zero-order valence-corrected chi connectivity index (χ0v) is 20.3. The highest BCUT2D eigenvalue weighted by Crippen LogP contribution is 2.12. The molecule has 0 heterocycles. The number of benzene rings is 2. The van der Waals surface area contributed by atoms with Crippen molar-refractivity contribution in [2.75, 3.05) is 25.1 Å². The quantitative estimate of drug-likeness (QED) is 0.433. The molecule has 0 aromatic heterocycles. The van der Waals surface area contributed by atoms with Gasteiger partial charge in [0, 0.05) is 20.0 Å². The highest BCUT2D eigenvalue weighted by Gasteiger charge is 2.27. The fourth-order valence-corrected chi connectivity index (χ4v) is 4.99. The van der Waals surface area contributed by atoms with Gasteiger partial charge in [-0.15, -0.1) is 0 Å². The summed E-state index contributed by atoms with van der Waals surface area (Å²) in [6.45, 7) is 3.98. The van der Waals surface area contributed by atoms with Crippen LogP contribution in [0.3, 0.4) is 0 Å². The summed E-state index contributed by atoms with van der Waals surface area (Å²) in [6, 6.07) is 18.5. The Hall–Kier alpha value is -2.87. The number of esters is 1. The Balaban J connectivity index is 1.96. The van der Waals surface area contributed by atoms with E-state index in [-0.39, 0.29) is 37.0 Å². The molecule has 8 heteroatoms. The van der Waals surface area contributed by atoms with Crippen LogP contribution in [0.15, 0.2) is 60.7 Å². The lowest BCUT2D eigenvalue weighted by atomic mass is 10.1. The number of rotatable bonds is 12. The molecule has 0 bridgehead atoms. The Kier molecular flexibility index (Phi) is 10.4. The first-order valence-corrected chi connectivity index (χ1v) is 12.8. The first-order chi connectivity index (χ1) is 15.7. The molecule has 0 aliphatic carbocycles. The van der Waals surface area contributed by atoms with Crippen LogP contribution in [0.2, 0.25) is 0 Å². The normalized spacial score (nSPS) is 12.2. The second kappa shape index (κ2) is 13.0. The summed E-state index contributed by atoms with van der Waals surface area (Å²) in [4.78, 5) is 26.6. The van der Waals surface area contributed by atoms with E-state index in [1.54, 1.807) is 0 Å². The molecule has 0 radical (unpaired) electrons. The number of nitrogens with zero attached hydrogens (tertiary/aromatic N) is 1. The molecule has 0 N–H and O–H groups in total. The predicted octanol–water partition coefficient (Wildman–Crippen LogP) is 3.87. The summed E-state index contributed by atoms with van der Waals surface area (Å²) < 4.78 is 35.0. The van der Waals surface area contributed by atoms with Gasteiger partial charge in [-0.2, -0.15) is 0 Å². The Morgan fingerprint density at radius 1 is 0.939 bits per heavy atom. The van der Waals surface area contributed by atoms with Gasteiger partial charge in [0.1, 0.15) is 6.61 Å². The van der Waals surface area contributed by atoms with Gasteiger partial charge in [0.25, 0.3) is 0 Å². The molecule has 0 aliphatic rings. The SMILES string of the molecule is CC(C)CS(=O)(=O)CCCN(C)C(=O)O[C@@H](Cc1ccccc1)C(=O)OCc1ccccc1. The van der Waals surface area contributed by atoms with Crippen LogP contribution in [-0.2, 0) is 37.1 Å². The summed E-state index contributed by atoms with van der Waals surface area (Å²) >= 11 is 0. The third-order valence-corrected chi connectivity index (χ3v) is 6.93. The zero-order valence-electron chi connectivity index (χ0n) is 19.5. The summed E-state index contributed by atoms with van der Waals surface area (Å²) in [5.74, 6) is -0.467. The van der Waals surface area contributed by atoms with Gasteiger partial charge >= 0.3 is 12.1 Å². The van der Waals surface area contributed by atoms with Crippen molar-refractivity contribution in [2.24, 2.45) is 5.92 Å². The predicted molar refractivity (Wildman–Crippen MR) is 127 cm³/mol. The van der Waals surface area contributed by atoms with E-state index in [1.807, 2.05) is 74.5 Å². The zero-order chi connectivity index (χ0) is 24.3. The molecule has 0 saturated carbocycles. The Bertz CT molecular complexity index is 976. The van der Waals surface area contributed by atoms with Gasteiger partial charge in [-0.25, -0.2) is 18.0 Å². The first-order valence-electron chi connectivity index (χ1n) is 11.0. The van der Waals surface area contributed by atoms with Gasteiger partial charge in [-0.1, -0.05) is 74.5 Å². The number of sulfone groups is 1. The highest BCUT2D eigenvalue weighted by molar-refractivity contribution is 7.91. The van der Waals surface area contributed by atoms with E-state index < -0.39 is 28.0 Å². The van der Waals surface area contributed by atoms with Crippen LogP contribution >= 0.6 is 0 Å². The van der Waals surface area contributed by atoms with E-state index in [0.29, 0.717) is 6.42 Å². The fourth-order valence-electron chi connectivity index (χ4n) is 3.24. The Labute approximate surface area is 196 Å². The monoisotopic (exact) mass is 475 g/mol. The largest absolute Gasteiger partial charge is 0.458 e. The van der Waals surface area contributed by atoms with E-state index >= 15 is 0 Å². The smallest absolute Gasteiger partial charge is 0.410 e. The number of amides is 1. The van der Waals surface area contributed by atoms with E-state index in [9.17, 15) is 18.0 Å². The number of ether oxygens (including phenoxy) is 2. The molecule has 2 aromatic carbocycles. The molecular weight excluding hydrogens is 442 g/mol. The standard InChI is InChI=1S/C25H33NO6S/c1-20(2)19-33(29,30)16-10-15-26(3)25(28)32-23(17-21-11-6-4-7-12-21)24(27)31-18-22-13-8-5-9-14-22/h4-9,11-14,20,23H,10,15-19H2,1-3H3/t23-/m0/s1. The lowest BCUT2D eigenvalue weighted by molar-refractivity contribution is -0.155. The lowest BCUT2D eigenvalue weighted by Gasteiger charge is -2.22. The minimum atomic E-state index is -3.17. The second-order valence-electron chi connectivity index (χ2n) is 8.44. The maximum absolute atomic E-state index is 12.7. The molecule has 0 saturated heterocycles. The van der Waals surface area contributed by atoms with Crippen LogP contribution in [0.25, 0.3) is 0 Å². The summed E-state index contributed by atoms with van der Waals surface area (Å²) in [7, 11) is -1.65. The highest BCUT2D eigenvalue weighted by atomic mass is 32.2. The van der Waals surface area contributed by atoms with E-state index in [2.05, 4.69) is 0 Å². The molecule has 180 valence electrons. The topological polar surface area (TPSA) is 90.0 Å². The Morgan fingerprint density at radius 2 is 1.52 bits per heavy atom. The summed E-state index contributed by atoms with van der Waals surface area (Å²) in [5.41, 5.74) is 1.66. The minimum absolute atomic E-state index is 0.00460. The minimum Gasteiger partial charge on any atom is -0.458 e. The van der Waals surface area contributed by atoms with Gasteiger partial charge in [0.2, 0.25) is 6.10 Å². The van der Waals surface area contributed by atoms with Crippen LogP contribution in [0.4, 0.5) is 4.79 Å². The molecule has 2 rings (SSSR count). The van der Waals surface area contributed by atoms with Crippen molar-refractivity contribution in [1.82, 2.24) is 4.90 Å². The summed E-state index contributed by atoms with van der Waals surface area (Å²) in [5, 5.41) is 0. The van der Waals surface area contributed by atoms with Crippen LogP contribution in [0.1, 0.15) is 31.4 Å². The van der Waals surface area contributed by atoms with Crippen molar-refractivity contribution in [1.29, 1.82) is 0 Å². The number of hydrogen-bond donors (Lipinski definition) is 0. The average molecular weight is 476 g/mol. The Morgan fingerprint density at radius 3 is 2.09 bits per heavy atom. The van der Waals surface area contributed by atoms with Crippen molar-refractivity contribution in [3.63, 3.8) is 0 Å². The molecule has 1 amide bonds. The molecule has 33 heavy (non-hydrogen) atoms. The van der Waals surface area contributed by atoms with Gasteiger partial charge in [0.15, 0.2) is 9.84 Å². The van der Waals surface area contributed by atoms with Gasteiger partial charge in [-0.3, -0.25) is 0 Å². The van der Waals surface area contributed by atoms with Crippen LogP contribution in [0.5, 0.6) is 0 Å². The molecule has 0 unspecified atom stereocenters. The maximum Gasteiger partial charge on any atom is 0.410 e. The number of hydrogen-bond acceptors (Lipinski definition) is 6. The molecule has 7 nitrogen and oxygen atoms in total.